The average molecular weight is 367 g/mol. The van der Waals surface area contributed by atoms with E-state index >= 15 is 0 Å². The number of hydrogen-bond acceptors (Lipinski definition) is 4. The number of rotatable bonds is 3. The minimum absolute atomic E-state index is 0.136. The van der Waals surface area contributed by atoms with E-state index in [1.165, 1.54) is 12.0 Å². The molecule has 4 fully saturated rings. The number of aliphatic imine (C=N–C) groups is 1. The van der Waals surface area contributed by atoms with E-state index in [-0.39, 0.29) is 24.4 Å². The Bertz CT molecular complexity index is 805. The molecule has 0 amide bonds. The van der Waals surface area contributed by atoms with E-state index in [1.54, 1.807) is 0 Å². The Morgan fingerprint density at radius 3 is 2.67 bits per heavy atom. The van der Waals surface area contributed by atoms with Gasteiger partial charge in [-0.05, 0) is 68.6 Å². The Hall–Kier alpha value is -1.33. The SMILES string of the molecule is CC1(C)COC(c2cccc(CB3O[C@@H]4C[C@@H]5C[C@@H](C5(C)C)[C@]4(C)O3)c2)=N1. The fourth-order valence-electron chi connectivity index (χ4n) is 5.79. The highest BCUT2D eigenvalue weighted by Crippen LogP contribution is 2.65. The van der Waals surface area contributed by atoms with Gasteiger partial charge in [0.15, 0.2) is 0 Å². The second-order valence-electron chi connectivity index (χ2n) is 10.3. The van der Waals surface area contributed by atoms with E-state index in [9.17, 15) is 0 Å². The molecule has 1 aromatic carbocycles. The van der Waals surface area contributed by atoms with Crippen LogP contribution in [-0.2, 0) is 20.4 Å². The molecule has 2 aliphatic heterocycles. The van der Waals surface area contributed by atoms with Crippen molar-refractivity contribution in [3.63, 3.8) is 0 Å². The van der Waals surface area contributed by atoms with Crippen LogP contribution in [0, 0.1) is 17.3 Å². The average Bonchev–Trinajstić information content (AvgIpc) is 3.12. The quantitative estimate of drug-likeness (QED) is 0.757. The molecule has 1 saturated heterocycles. The summed E-state index contributed by atoms with van der Waals surface area (Å²) < 4.78 is 18.7. The summed E-state index contributed by atoms with van der Waals surface area (Å²) in [7, 11) is -0.159. The van der Waals surface area contributed by atoms with Gasteiger partial charge in [-0.25, -0.2) is 4.99 Å². The van der Waals surface area contributed by atoms with Crippen molar-refractivity contribution in [1.29, 1.82) is 0 Å². The summed E-state index contributed by atoms with van der Waals surface area (Å²) in [6.45, 7) is 11.9. The molecule has 3 saturated carbocycles. The van der Waals surface area contributed by atoms with E-state index in [1.807, 2.05) is 0 Å². The monoisotopic (exact) mass is 367 g/mol. The van der Waals surface area contributed by atoms with E-state index in [0.717, 1.165) is 30.1 Å². The maximum Gasteiger partial charge on any atom is 0.462 e. The van der Waals surface area contributed by atoms with Crippen molar-refractivity contribution in [3.8, 4) is 0 Å². The molecule has 3 aliphatic carbocycles. The van der Waals surface area contributed by atoms with Gasteiger partial charge in [-0.3, -0.25) is 0 Å². The Kier molecular flexibility index (Phi) is 3.68. The van der Waals surface area contributed by atoms with Crippen molar-refractivity contribution >= 4 is 13.0 Å². The molecule has 2 bridgehead atoms. The maximum absolute atomic E-state index is 6.56. The molecule has 4 atom stereocenters. The molecule has 1 aromatic rings. The smallest absolute Gasteiger partial charge is 0.462 e. The van der Waals surface area contributed by atoms with Crippen LogP contribution >= 0.6 is 0 Å². The van der Waals surface area contributed by atoms with Crippen molar-refractivity contribution in [2.24, 2.45) is 22.2 Å². The fraction of sp³-hybridized carbons (Fsp3) is 0.682. The minimum Gasteiger partial charge on any atom is -0.475 e. The van der Waals surface area contributed by atoms with Crippen LogP contribution in [0.3, 0.4) is 0 Å². The van der Waals surface area contributed by atoms with Crippen LogP contribution in [0.1, 0.15) is 58.6 Å². The van der Waals surface area contributed by atoms with Gasteiger partial charge >= 0.3 is 7.12 Å². The van der Waals surface area contributed by atoms with Crippen LogP contribution in [0.2, 0.25) is 0 Å². The number of benzene rings is 1. The Morgan fingerprint density at radius 2 is 1.96 bits per heavy atom. The van der Waals surface area contributed by atoms with E-state index in [4.69, 9.17) is 19.0 Å². The van der Waals surface area contributed by atoms with Crippen LogP contribution in [0.15, 0.2) is 29.3 Å². The standard InChI is InChI=1S/C22H30BNO3/c1-20(2)13-25-19(24-20)15-8-6-7-14(9-15)12-23-26-18-11-16-10-17(21(16,3)4)22(18,5)27-23/h6-9,16-18H,10-13H2,1-5H3/t16-,17-,18+,22-/m0/s1. The van der Waals surface area contributed by atoms with Crippen LogP contribution in [0.25, 0.3) is 0 Å². The third-order valence-electron chi connectivity index (χ3n) is 7.54. The molecule has 0 unspecified atom stereocenters. The molecule has 0 spiro atoms. The van der Waals surface area contributed by atoms with Gasteiger partial charge in [0.1, 0.15) is 6.61 Å². The van der Waals surface area contributed by atoms with Crippen LogP contribution in [0.5, 0.6) is 0 Å². The van der Waals surface area contributed by atoms with Crippen molar-refractivity contribution in [2.75, 3.05) is 6.61 Å². The van der Waals surface area contributed by atoms with Gasteiger partial charge in [-0.1, -0.05) is 26.0 Å². The highest BCUT2D eigenvalue weighted by Gasteiger charge is 2.67. The van der Waals surface area contributed by atoms with Crippen LogP contribution in [0.4, 0.5) is 0 Å². The molecule has 4 nitrogen and oxygen atoms in total. The number of ether oxygens (including phenoxy) is 1. The first kappa shape index (κ1) is 17.8. The summed E-state index contributed by atoms with van der Waals surface area (Å²) in [5.74, 6) is 2.14. The first-order valence-corrected chi connectivity index (χ1v) is 10.3. The van der Waals surface area contributed by atoms with Crippen molar-refractivity contribution in [1.82, 2.24) is 0 Å². The van der Waals surface area contributed by atoms with Crippen LogP contribution < -0.4 is 0 Å². The minimum atomic E-state index is -0.159. The summed E-state index contributed by atoms with van der Waals surface area (Å²) >= 11 is 0. The molecule has 144 valence electrons. The summed E-state index contributed by atoms with van der Waals surface area (Å²) in [6, 6.07) is 8.45. The lowest BCUT2D eigenvalue weighted by Crippen LogP contribution is -2.65. The van der Waals surface area contributed by atoms with Gasteiger partial charge in [0.05, 0.1) is 17.2 Å². The summed E-state index contributed by atoms with van der Waals surface area (Å²) in [5.41, 5.74) is 2.36. The highest BCUT2D eigenvalue weighted by molar-refractivity contribution is 6.44. The molecule has 5 aliphatic rings. The Morgan fingerprint density at radius 1 is 1.15 bits per heavy atom. The zero-order valence-corrected chi connectivity index (χ0v) is 17.1. The van der Waals surface area contributed by atoms with Crippen LogP contribution in [-0.4, -0.2) is 36.9 Å². The van der Waals surface area contributed by atoms with E-state index in [2.05, 4.69) is 58.9 Å². The predicted molar refractivity (Wildman–Crippen MR) is 107 cm³/mol. The largest absolute Gasteiger partial charge is 0.475 e. The first-order valence-electron chi connectivity index (χ1n) is 10.3. The predicted octanol–water partition coefficient (Wildman–Crippen LogP) is 4.05. The second kappa shape index (κ2) is 5.60. The van der Waals surface area contributed by atoms with Gasteiger partial charge < -0.3 is 14.0 Å². The second-order valence-corrected chi connectivity index (χ2v) is 10.3. The third kappa shape index (κ3) is 2.69. The number of nitrogens with zero attached hydrogens (tertiary/aromatic N) is 1. The van der Waals surface area contributed by atoms with Crippen molar-refractivity contribution < 1.29 is 14.0 Å². The molecule has 5 heteroatoms. The summed E-state index contributed by atoms with van der Waals surface area (Å²) in [5, 5.41) is 0. The molecule has 0 aromatic heterocycles. The lowest BCUT2D eigenvalue weighted by molar-refractivity contribution is -0.199. The Balaban J connectivity index is 1.32. The first-order chi connectivity index (χ1) is 12.7. The zero-order chi connectivity index (χ0) is 19.0. The molecule has 2 heterocycles. The topological polar surface area (TPSA) is 40.0 Å². The maximum atomic E-state index is 6.56. The fourth-order valence-corrected chi connectivity index (χ4v) is 5.79. The van der Waals surface area contributed by atoms with Gasteiger partial charge in [0, 0.05) is 11.9 Å². The zero-order valence-electron chi connectivity index (χ0n) is 17.1. The van der Waals surface area contributed by atoms with Gasteiger partial charge in [-0.2, -0.15) is 0 Å². The molecule has 0 N–H and O–H groups in total. The Labute approximate surface area is 162 Å². The van der Waals surface area contributed by atoms with Gasteiger partial charge in [0.25, 0.3) is 0 Å². The number of hydrogen-bond donors (Lipinski definition) is 0. The lowest BCUT2D eigenvalue weighted by atomic mass is 9.43. The molecular formula is C22H30BNO3. The molecular weight excluding hydrogens is 337 g/mol. The molecule has 27 heavy (non-hydrogen) atoms. The van der Waals surface area contributed by atoms with Crippen molar-refractivity contribution in [2.45, 2.75) is 71.0 Å². The molecule has 6 rings (SSSR count). The third-order valence-corrected chi connectivity index (χ3v) is 7.54. The lowest BCUT2D eigenvalue weighted by Gasteiger charge is -2.64. The van der Waals surface area contributed by atoms with E-state index < -0.39 is 0 Å². The molecule has 0 radical (unpaired) electrons. The summed E-state index contributed by atoms with van der Waals surface area (Å²) in [6.07, 6.45) is 3.44. The van der Waals surface area contributed by atoms with E-state index in [0.29, 0.717) is 17.9 Å². The highest BCUT2D eigenvalue weighted by atomic mass is 16.7. The normalized spacial score (nSPS) is 38.0. The van der Waals surface area contributed by atoms with Gasteiger partial charge in [0.2, 0.25) is 5.90 Å². The summed E-state index contributed by atoms with van der Waals surface area (Å²) in [4.78, 5) is 4.70. The van der Waals surface area contributed by atoms with Gasteiger partial charge in [-0.15, -0.1) is 0 Å². The van der Waals surface area contributed by atoms with Crippen molar-refractivity contribution in [3.05, 3.63) is 35.4 Å².